The minimum atomic E-state index is -0.649. The zero-order valence-corrected chi connectivity index (χ0v) is 75.2. The van der Waals surface area contributed by atoms with E-state index < -0.39 is 41.2 Å². The van der Waals surface area contributed by atoms with E-state index in [0.29, 0.717) is 126 Å². The number of nitrogens with one attached hydrogen (secondary N) is 1. The molecule has 0 aromatic heterocycles. The Morgan fingerprint density at radius 1 is 0.254 bits per heavy atom. The molecule has 5 aliphatic heterocycles. The van der Waals surface area contributed by atoms with Crippen LogP contribution in [0.1, 0.15) is 298 Å². The molecular weight excluding hydrogens is 1680 g/mol. The van der Waals surface area contributed by atoms with E-state index in [1.807, 2.05) is 97.1 Å². The van der Waals surface area contributed by atoms with E-state index in [0.717, 1.165) is 204 Å². The lowest BCUT2D eigenvalue weighted by molar-refractivity contribution is 0.0501. The number of benzene rings is 17. The number of rotatable bonds is 32. The lowest BCUT2D eigenvalue weighted by atomic mass is 9.79. The monoisotopic (exact) mass is 1770 g/mol. The summed E-state index contributed by atoms with van der Waals surface area (Å²) in [5.41, 5.74) is 6.14. The fourth-order valence-electron chi connectivity index (χ4n) is 23.5. The smallest absolute Gasteiger partial charge is 0.261 e. The third kappa shape index (κ3) is 12.7. The highest BCUT2D eigenvalue weighted by atomic mass is 16.5. The van der Waals surface area contributed by atoms with Crippen LogP contribution in [-0.2, 0) is 12.8 Å². The van der Waals surface area contributed by atoms with Crippen molar-refractivity contribution in [2.75, 3.05) is 13.1 Å². The molecule has 0 unspecified atom stereocenters. The molecule has 23 rings (SSSR count). The number of carbonyl (C=O) groups is 12. The molecular formula is C115H95N5O14. The van der Waals surface area contributed by atoms with E-state index >= 15 is 0 Å². The van der Waals surface area contributed by atoms with E-state index in [2.05, 4.69) is 33.0 Å². The number of nitrogens with zero attached hydrogens (tertiary/aromatic N) is 4. The number of amides is 10. The highest BCUT2D eigenvalue weighted by Gasteiger charge is 2.44. The topological polar surface area (TPSA) is 248 Å². The van der Waals surface area contributed by atoms with Crippen molar-refractivity contribution in [3.63, 3.8) is 0 Å². The molecule has 0 saturated heterocycles. The molecule has 5 heterocycles. The molecule has 1 aliphatic carbocycles. The molecule has 19 heteroatoms. The zero-order chi connectivity index (χ0) is 91.7. The number of ketones is 2. The second-order valence-electron chi connectivity index (χ2n) is 37.7. The standard InChI is InChI=1S/C115H95N5O14/c1-5-9-13-17-21-62(22-18-14-10-6-2)119-112(129)82-49-37-70-66-33-45-78-98-79(46-34-67(92(66)98)71-38-50-83(113(119)130)100(82)94(70)71)109(126)117(108(78)125)55-53-60-25-29-64(30-26-60)133-90-57-86-89(122)59-88(121)74-41-42-75-103-91(58-87-97-77(106(123)116-107(87)124)44-43-76(105(97)103)102(90)104(75)96(74)86)134-65-31-27-61(28-32-65)54-56-118-110(127)80-47-35-68-72-39-51-84-101-85(52-40-73(95(72)101)69-36-48-81(111(118)128)99(80)93(68)69)115(132)120(114(84)131)63(23-19-15-11-7-3)24-20-16-12-8-4/h25-52,57-58,62-63H,5-24,53-56,59H2,1-4H3,(H,116,123,124). The third-order valence-corrected chi connectivity index (χ3v) is 30.0. The summed E-state index contributed by atoms with van der Waals surface area (Å²) in [5, 5.41) is 18.5. The van der Waals surface area contributed by atoms with E-state index in [-0.39, 0.29) is 102 Å². The van der Waals surface area contributed by atoms with Gasteiger partial charge in [-0.2, -0.15) is 0 Å². The summed E-state index contributed by atoms with van der Waals surface area (Å²) in [6, 6.07) is 54.3. The van der Waals surface area contributed by atoms with Crippen LogP contribution in [0.15, 0.2) is 182 Å². The highest BCUT2D eigenvalue weighted by Crippen LogP contribution is 2.55. The second kappa shape index (κ2) is 32.6. The molecule has 0 saturated carbocycles. The van der Waals surface area contributed by atoms with Crippen molar-refractivity contribution in [1.29, 1.82) is 0 Å². The largest absolute Gasteiger partial charge is 0.457 e. The summed E-state index contributed by atoms with van der Waals surface area (Å²) < 4.78 is 13.9. The first-order valence-electron chi connectivity index (χ1n) is 48.0. The molecule has 6 aliphatic rings. The van der Waals surface area contributed by atoms with Crippen molar-refractivity contribution < 1.29 is 67.0 Å². The highest BCUT2D eigenvalue weighted by molar-refractivity contribution is 6.46. The number of hydrogen-bond donors (Lipinski definition) is 1. The maximum absolute atomic E-state index is 14.9. The van der Waals surface area contributed by atoms with Crippen LogP contribution in [-0.4, -0.2) is 115 Å². The summed E-state index contributed by atoms with van der Waals surface area (Å²) in [4.78, 5) is 182. The Morgan fingerprint density at radius 2 is 0.522 bits per heavy atom. The maximum atomic E-state index is 14.9. The number of unbranched alkanes of at least 4 members (excludes halogenated alkanes) is 12. The fraction of sp³-hybridized carbons (Fsp3) is 0.270. The molecule has 0 fully saturated rings. The Hall–Kier alpha value is -14.7. The van der Waals surface area contributed by atoms with Crippen molar-refractivity contribution in [3.05, 3.63) is 260 Å². The summed E-state index contributed by atoms with van der Waals surface area (Å²) in [7, 11) is 0. The van der Waals surface area contributed by atoms with Crippen LogP contribution in [0.25, 0.3) is 129 Å². The van der Waals surface area contributed by atoms with E-state index in [1.165, 1.54) is 9.80 Å². The number of imide groups is 5. The van der Waals surface area contributed by atoms with Gasteiger partial charge >= 0.3 is 0 Å². The molecule has 134 heavy (non-hydrogen) atoms. The second-order valence-corrected chi connectivity index (χ2v) is 37.7. The van der Waals surface area contributed by atoms with Crippen LogP contribution in [0.5, 0.6) is 23.0 Å². The van der Waals surface area contributed by atoms with Crippen LogP contribution < -0.4 is 14.8 Å². The molecule has 0 spiro atoms. The summed E-state index contributed by atoms with van der Waals surface area (Å²) in [5.74, 6) is -3.60. The van der Waals surface area contributed by atoms with Gasteiger partial charge in [0.2, 0.25) is 0 Å². The minimum absolute atomic E-state index is 0.0399. The fourth-order valence-corrected chi connectivity index (χ4v) is 23.5. The van der Waals surface area contributed by atoms with Gasteiger partial charge in [0.1, 0.15) is 23.0 Å². The first-order chi connectivity index (χ1) is 65.4. The third-order valence-electron chi connectivity index (χ3n) is 30.0. The SMILES string of the molecule is CCCCCCC(CCCCCC)N1C(=O)c2ccc3c4ccc5c6c(ccc(c7ccc(c2c37)C1=O)c64)C(=O)N(CCc1ccc(Oc2cc3c4c(ccc6c7c(Oc8ccc(CCN9C(=O)c%10ccc%11c%12ccc%13c%14c(ccc(c%15ccc(c%10c%11%15)C9=O)c%14%12)C(=O)N(C(CCCCCC)CCCCCC)C%13=O)cc8)cc8c9c(ccc(c2c46)c97)C(=O)NC8=O)C(=O)CC3=O)cc1)C5=O. The summed E-state index contributed by atoms with van der Waals surface area (Å²) in [6.45, 7) is 8.79. The van der Waals surface area contributed by atoms with Crippen molar-refractivity contribution in [3.8, 4) is 23.0 Å². The van der Waals surface area contributed by atoms with Gasteiger partial charge in [0.25, 0.3) is 59.1 Å². The lowest BCUT2D eigenvalue weighted by Crippen LogP contribution is -2.47. The predicted octanol–water partition coefficient (Wildman–Crippen LogP) is 25.6. The van der Waals surface area contributed by atoms with Gasteiger partial charge in [0, 0.05) is 140 Å². The summed E-state index contributed by atoms with van der Waals surface area (Å²) >= 11 is 0. The average molecular weight is 1770 g/mol. The zero-order valence-electron chi connectivity index (χ0n) is 75.2. The van der Waals surface area contributed by atoms with Gasteiger partial charge in [-0.25, -0.2) is 0 Å². The van der Waals surface area contributed by atoms with Gasteiger partial charge in [-0.15, -0.1) is 0 Å². The van der Waals surface area contributed by atoms with E-state index in [9.17, 15) is 57.5 Å². The van der Waals surface area contributed by atoms with Gasteiger partial charge in [-0.3, -0.25) is 82.5 Å². The first-order valence-corrected chi connectivity index (χ1v) is 48.0. The molecule has 664 valence electrons. The molecule has 17 aromatic carbocycles. The quantitative estimate of drug-likeness (QED) is 0.0135. The van der Waals surface area contributed by atoms with Gasteiger partial charge in [-0.05, 0) is 216 Å². The lowest BCUT2D eigenvalue weighted by Gasteiger charge is -2.35. The Labute approximate surface area is 770 Å². The molecule has 0 bridgehead atoms. The van der Waals surface area contributed by atoms with Crippen LogP contribution in [0.2, 0.25) is 0 Å². The first kappa shape index (κ1) is 83.6. The molecule has 17 aromatic rings. The normalized spacial score (nSPS) is 15.0. The number of fused-ring (bicyclic) bond motifs is 6. The number of carbonyl (C=O) groups excluding carboxylic acids is 12. The van der Waals surface area contributed by atoms with Crippen molar-refractivity contribution >= 4 is 200 Å². The van der Waals surface area contributed by atoms with Gasteiger partial charge in [0.05, 0.1) is 12.0 Å². The number of ether oxygens (including phenoxy) is 2. The van der Waals surface area contributed by atoms with Crippen molar-refractivity contribution in [1.82, 2.24) is 24.9 Å². The van der Waals surface area contributed by atoms with Crippen LogP contribution in [0, 0.1) is 0 Å². The molecule has 19 nitrogen and oxygen atoms in total. The van der Waals surface area contributed by atoms with Crippen molar-refractivity contribution in [2.45, 2.75) is 187 Å². The van der Waals surface area contributed by atoms with E-state index in [4.69, 9.17) is 9.47 Å². The van der Waals surface area contributed by atoms with Gasteiger partial charge < -0.3 is 9.47 Å². The molecule has 0 atom stereocenters. The average Bonchev–Trinajstić information content (AvgIpc) is 0.695. The predicted molar refractivity (Wildman–Crippen MR) is 523 cm³/mol. The Balaban J connectivity index is 0.515. The minimum Gasteiger partial charge on any atom is -0.457 e. The van der Waals surface area contributed by atoms with Crippen molar-refractivity contribution in [2.24, 2.45) is 0 Å². The van der Waals surface area contributed by atoms with Crippen LogP contribution in [0.3, 0.4) is 0 Å². The number of hydrogen-bond acceptors (Lipinski definition) is 14. The molecule has 10 amide bonds. The molecule has 0 radical (unpaired) electrons. The van der Waals surface area contributed by atoms with E-state index in [1.54, 1.807) is 94.7 Å². The van der Waals surface area contributed by atoms with Crippen LogP contribution in [0.4, 0.5) is 0 Å². The number of Topliss-reactive ketones (excluding diaryl/α,β-unsaturated/α-hetero) is 2. The summed E-state index contributed by atoms with van der Waals surface area (Å²) in [6.07, 6.45) is 20.0. The Morgan fingerprint density at radius 3 is 0.851 bits per heavy atom. The molecule has 1 N–H and O–H groups in total. The van der Waals surface area contributed by atoms with Crippen LogP contribution >= 0.6 is 0 Å². The van der Waals surface area contributed by atoms with Gasteiger partial charge in [-0.1, -0.05) is 221 Å². The maximum Gasteiger partial charge on any atom is 0.261 e. The Bertz CT molecular complexity index is 7390. The van der Waals surface area contributed by atoms with Gasteiger partial charge in [0.15, 0.2) is 11.6 Å². The Kier molecular flexibility index (Phi) is 20.4.